The summed E-state index contributed by atoms with van der Waals surface area (Å²) in [4.78, 5) is 0. The molecular formula is C12H19Cl2NO. The first-order valence-corrected chi connectivity index (χ1v) is 5.54. The van der Waals surface area contributed by atoms with Gasteiger partial charge in [0.25, 0.3) is 0 Å². The van der Waals surface area contributed by atoms with Crippen molar-refractivity contribution in [2.24, 2.45) is 5.73 Å². The lowest BCUT2D eigenvalue weighted by molar-refractivity contribution is 0.411. The first kappa shape index (κ1) is 15.6. The number of hydrogen-bond acceptors (Lipinski definition) is 2. The Hall–Kier alpha value is -0.440. The summed E-state index contributed by atoms with van der Waals surface area (Å²) in [5.41, 5.74) is 8.13. The molecule has 4 heteroatoms. The van der Waals surface area contributed by atoms with Crippen LogP contribution in [0, 0.1) is 6.92 Å². The quantitative estimate of drug-likeness (QED) is 0.905. The van der Waals surface area contributed by atoms with Crippen molar-refractivity contribution in [1.82, 2.24) is 0 Å². The van der Waals surface area contributed by atoms with E-state index in [1.807, 2.05) is 13.0 Å². The van der Waals surface area contributed by atoms with E-state index >= 15 is 0 Å². The second kappa shape index (κ2) is 7.00. The van der Waals surface area contributed by atoms with Crippen LogP contribution in [0.15, 0.2) is 12.1 Å². The van der Waals surface area contributed by atoms with Crippen molar-refractivity contribution in [2.75, 3.05) is 7.11 Å². The molecule has 0 heterocycles. The van der Waals surface area contributed by atoms with Crippen LogP contribution in [0.2, 0.25) is 5.02 Å². The van der Waals surface area contributed by atoms with Gasteiger partial charge in [0, 0.05) is 6.04 Å². The average Bonchev–Trinajstić information content (AvgIpc) is 2.17. The van der Waals surface area contributed by atoms with E-state index in [4.69, 9.17) is 22.1 Å². The van der Waals surface area contributed by atoms with Gasteiger partial charge in [0.05, 0.1) is 12.1 Å². The molecule has 2 nitrogen and oxygen atoms in total. The monoisotopic (exact) mass is 263 g/mol. The zero-order valence-corrected chi connectivity index (χ0v) is 11.5. The smallest absolute Gasteiger partial charge is 0.140 e. The van der Waals surface area contributed by atoms with E-state index < -0.39 is 0 Å². The Morgan fingerprint density at radius 1 is 1.44 bits per heavy atom. The topological polar surface area (TPSA) is 35.2 Å². The van der Waals surface area contributed by atoms with Crippen LogP contribution in [0.5, 0.6) is 5.75 Å². The number of hydrogen-bond donors (Lipinski definition) is 1. The first-order valence-electron chi connectivity index (χ1n) is 5.17. The van der Waals surface area contributed by atoms with Crippen molar-refractivity contribution in [2.45, 2.75) is 32.7 Å². The van der Waals surface area contributed by atoms with Gasteiger partial charge < -0.3 is 10.5 Å². The fourth-order valence-corrected chi connectivity index (χ4v) is 1.99. The average molecular weight is 264 g/mol. The van der Waals surface area contributed by atoms with Gasteiger partial charge >= 0.3 is 0 Å². The Labute approximate surface area is 109 Å². The molecule has 16 heavy (non-hydrogen) atoms. The largest absolute Gasteiger partial charge is 0.495 e. The molecule has 0 saturated carbocycles. The predicted octanol–water partition coefficient (Wildman–Crippen LogP) is 3.36. The number of nitrogens with two attached hydrogens (primary N) is 1. The summed E-state index contributed by atoms with van der Waals surface area (Å²) in [7, 11) is 1.63. The van der Waals surface area contributed by atoms with Crippen molar-refractivity contribution >= 4 is 24.0 Å². The molecule has 0 radical (unpaired) electrons. The lowest BCUT2D eigenvalue weighted by atomic mass is 10.0. The minimum Gasteiger partial charge on any atom is -0.495 e. The molecule has 0 aromatic heterocycles. The molecule has 2 N–H and O–H groups in total. The molecule has 0 saturated heterocycles. The van der Waals surface area contributed by atoms with E-state index in [2.05, 4.69) is 13.0 Å². The molecule has 0 aliphatic rings. The summed E-state index contributed by atoms with van der Waals surface area (Å²) in [6.45, 7) is 4.08. The number of halogens is 2. The number of rotatable bonds is 4. The minimum absolute atomic E-state index is 0. The van der Waals surface area contributed by atoms with Crippen molar-refractivity contribution in [1.29, 1.82) is 0 Å². The van der Waals surface area contributed by atoms with Crippen LogP contribution in [0.25, 0.3) is 0 Å². The van der Waals surface area contributed by atoms with Crippen molar-refractivity contribution in [3.63, 3.8) is 0 Å². The lowest BCUT2D eigenvalue weighted by Gasteiger charge is -2.12. The predicted molar refractivity (Wildman–Crippen MR) is 72.0 cm³/mol. The zero-order chi connectivity index (χ0) is 11.4. The second-order valence-corrected chi connectivity index (χ2v) is 4.21. The number of ether oxygens (including phenoxy) is 1. The van der Waals surface area contributed by atoms with Gasteiger partial charge in [-0.05, 0) is 37.0 Å². The molecule has 0 bridgehead atoms. The van der Waals surface area contributed by atoms with E-state index in [-0.39, 0.29) is 18.4 Å². The van der Waals surface area contributed by atoms with Gasteiger partial charge in [0.1, 0.15) is 5.75 Å². The highest BCUT2D eigenvalue weighted by Gasteiger charge is 2.08. The van der Waals surface area contributed by atoms with E-state index in [9.17, 15) is 0 Å². The maximum absolute atomic E-state index is 6.10. The lowest BCUT2D eigenvalue weighted by Crippen LogP contribution is -2.21. The van der Waals surface area contributed by atoms with Gasteiger partial charge in [-0.2, -0.15) is 0 Å². The first-order chi connectivity index (χ1) is 7.08. The van der Waals surface area contributed by atoms with Gasteiger partial charge in [-0.3, -0.25) is 0 Å². The van der Waals surface area contributed by atoms with Crippen LogP contribution in [-0.4, -0.2) is 13.2 Å². The fraction of sp³-hybridized carbons (Fsp3) is 0.500. The van der Waals surface area contributed by atoms with Gasteiger partial charge in [-0.1, -0.05) is 24.6 Å². The minimum atomic E-state index is 0. The summed E-state index contributed by atoms with van der Waals surface area (Å²) in [6.07, 6.45) is 1.84. The van der Waals surface area contributed by atoms with Crippen LogP contribution < -0.4 is 10.5 Å². The normalized spacial score (nSPS) is 11.8. The van der Waals surface area contributed by atoms with E-state index in [1.165, 1.54) is 5.56 Å². The molecule has 1 atom stereocenters. The Kier molecular flexibility index (Phi) is 6.81. The van der Waals surface area contributed by atoms with Crippen molar-refractivity contribution < 1.29 is 4.74 Å². The molecule has 1 unspecified atom stereocenters. The van der Waals surface area contributed by atoms with Gasteiger partial charge in [-0.25, -0.2) is 0 Å². The number of methoxy groups -OCH3 is 1. The molecule has 0 fully saturated rings. The van der Waals surface area contributed by atoms with Crippen LogP contribution in [0.3, 0.4) is 0 Å². The van der Waals surface area contributed by atoms with Gasteiger partial charge in [0.2, 0.25) is 0 Å². The second-order valence-electron chi connectivity index (χ2n) is 3.80. The van der Waals surface area contributed by atoms with Crippen molar-refractivity contribution in [3.8, 4) is 5.75 Å². The fourth-order valence-electron chi connectivity index (χ4n) is 1.63. The Morgan fingerprint density at radius 2 is 2.06 bits per heavy atom. The SMILES string of the molecule is CCC(N)Cc1cc(C)c(OC)c(Cl)c1.Cl. The molecule has 92 valence electrons. The van der Waals surface area contributed by atoms with E-state index in [0.717, 1.165) is 24.2 Å². The molecule has 1 aromatic carbocycles. The van der Waals surface area contributed by atoms with Crippen LogP contribution in [0.4, 0.5) is 0 Å². The molecule has 0 spiro atoms. The molecule has 0 aliphatic heterocycles. The van der Waals surface area contributed by atoms with Crippen LogP contribution in [0.1, 0.15) is 24.5 Å². The summed E-state index contributed by atoms with van der Waals surface area (Å²) in [6, 6.07) is 4.22. The molecule has 1 aromatic rings. The van der Waals surface area contributed by atoms with E-state index in [1.54, 1.807) is 7.11 Å². The van der Waals surface area contributed by atoms with Gasteiger partial charge in [0.15, 0.2) is 0 Å². The highest BCUT2D eigenvalue weighted by molar-refractivity contribution is 6.32. The van der Waals surface area contributed by atoms with E-state index in [0.29, 0.717) is 5.02 Å². The molecular weight excluding hydrogens is 245 g/mol. The summed E-state index contributed by atoms with van der Waals surface area (Å²) in [5, 5.41) is 0.663. The van der Waals surface area contributed by atoms with Gasteiger partial charge in [-0.15, -0.1) is 12.4 Å². The molecule has 0 amide bonds. The maximum atomic E-state index is 6.10. The third-order valence-electron chi connectivity index (χ3n) is 2.52. The number of aryl methyl sites for hydroxylation is 1. The Bertz CT molecular complexity index is 319. The summed E-state index contributed by atoms with van der Waals surface area (Å²) >= 11 is 6.10. The van der Waals surface area contributed by atoms with Crippen molar-refractivity contribution in [3.05, 3.63) is 28.3 Å². The molecule has 1 rings (SSSR count). The standard InChI is InChI=1S/C12H18ClNO.ClH/c1-4-10(14)6-9-5-8(2)12(15-3)11(13)7-9;/h5,7,10H,4,6,14H2,1-3H3;1H. The summed E-state index contributed by atoms with van der Waals surface area (Å²) in [5.74, 6) is 0.755. The highest BCUT2D eigenvalue weighted by Crippen LogP contribution is 2.29. The third-order valence-corrected chi connectivity index (χ3v) is 2.80. The summed E-state index contributed by atoms with van der Waals surface area (Å²) < 4.78 is 5.20. The highest BCUT2D eigenvalue weighted by atomic mass is 35.5. The Morgan fingerprint density at radius 3 is 2.50 bits per heavy atom. The maximum Gasteiger partial charge on any atom is 0.140 e. The molecule has 0 aliphatic carbocycles. The third kappa shape index (κ3) is 3.85. The Balaban J connectivity index is 0.00000225. The van der Waals surface area contributed by atoms with Crippen LogP contribution >= 0.6 is 24.0 Å². The zero-order valence-electron chi connectivity index (χ0n) is 9.92. The number of benzene rings is 1. The van der Waals surface area contributed by atoms with Crippen LogP contribution in [-0.2, 0) is 6.42 Å².